The second-order valence-corrected chi connectivity index (χ2v) is 8.47. The molecule has 0 radical (unpaired) electrons. The van der Waals surface area contributed by atoms with Crippen LogP contribution in [0.1, 0.15) is 27.6 Å². The molecule has 9 nitrogen and oxygen atoms in total. The number of nitrogens with zero attached hydrogens (tertiary/aromatic N) is 3. The molecular formula is C20H22F3N3O6S. The maximum atomic E-state index is 13.1. The molecule has 0 saturated carbocycles. The van der Waals surface area contributed by atoms with Gasteiger partial charge < -0.3 is 23.8 Å². The van der Waals surface area contributed by atoms with Gasteiger partial charge in [-0.2, -0.15) is 0 Å². The van der Waals surface area contributed by atoms with Crippen molar-refractivity contribution >= 4 is 17.2 Å². The topological polar surface area (TPSA) is 92.2 Å². The molecule has 0 N–H and O–H groups in total. The second-order valence-electron chi connectivity index (χ2n) is 7.41. The summed E-state index contributed by atoms with van der Waals surface area (Å²) in [5.41, 5.74) is 0.250. The number of ether oxygens (including phenoxy) is 5. The van der Waals surface area contributed by atoms with E-state index in [1.165, 1.54) is 30.6 Å². The molecule has 2 aromatic rings. The summed E-state index contributed by atoms with van der Waals surface area (Å²) >= 11 is 1.53. The first-order valence-corrected chi connectivity index (χ1v) is 11.0. The summed E-state index contributed by atoms with van der Waals surface area (Å²) in [5, 5.41) is 2.88. The van der Waals surface area contributed by atoms with E-state index in [-0.39, 0.29) is 42.7 Å². The minimum atomic E-state index is -4.74. The standard InChI is InChI=1S/C20H22F3N3O6S/c1-12-24-15(10-33-12)19-5-6-26(9-16(19)30-11-32-19)18(27)13-3-4-14(17(25-13)28-2)29-7-8-31-20(21,22)23/h3-4,10,16H,5-9,11H2,1-2H3. The number of alkyl halides is 3. The lowest BCUT2D eigenvalue weighted by atomic mass is 9.86. The number of piperidine rings is 1. The number of methoxy groups -OCH3 is 1. The lowest BCUT2D eigenvalue weighted by Gasteiger charge is -2.40. The number of aryl methyl sites for hydroxylation is 1. The minimum Gasteiger partial charge on any atom is -0.486 e. The van der Waals surface area contributed by atoms with Crippen molar-refractivity contribution in [2.45, 2.75) is 31.4 Å². The second kappa shape index (κ2) is 9.41. The highest BCUT2D eigenvalue weighted by molar-refractivity contribution is 7.09. The van der Waals surface area contributed by atoms with Gasteiger partial charge in [0.1, 0.15) is 30.8 Å². The normalized spacial score (nSPS) is 22.8. The van der Waals surface area contributed by atoms with Crippen molar-refractivity contribution in [2.24, 2.45) is 0 Å². The average molecular weight is 489 g/mol. The van der Waals surface area contributed by atoms with Gasteiger partial charge in [0.2, 0.25) is 0 Å². The molecule has 2 unspecified atom stereocenters. The molecule has 2 fully saturated rings. The molecule has 2 aromatic heterocycles. The fraction of sp³-hybridized carbons (Fsp3) is 0.550. The van der Waals surface area contributed by atoms with Gasteiger partial charge in [0.25, 0.3) is 11.8 Å². The number of rotatable bonds is 7. The molecule has 0 aromatic carbocycles. The highest BCUT2D eigenvalue weighted by Gasteiger charge is 2.52. The number of likely N-dealkylation sites (tertiary alicyclic amines) is 1. The van der Waals surface area contributed by atoms with Crippen molar-refractivity contribution in [3.63, 3.8) is 0 Å². The number of carbonyl (C=O) groups is 1. The van der Waals surface area contributed by atoms with Crippen LogP contribution in [0.5, 0.6) is 11.6 Å². The van der Waals surface area contributed by atoms with Gasteiger partial charge in [-0.25, -0.2) is 9.97 Å². The van der Waals surface area contributed by atoms with Crippen LogP contribution in [0, 0.1) is 6.92 Å². The maximum Gasteiger partial charge on any atom is 0.522 e. The summed E-state index contributed by atoms with van der Waals surface area (Å²) in [6.45, 7) is 1.70. The number of hydrogen-bond donors (Lipinski definition) is 0. The van der Waals surface area contributed by atoms with E-state index in [0.29, 0.717) is 19.5 Å². The summed E-state index contributed by atoms with van der Waals surface area (Å²) in [4.78, 5) is 23.5. The molecule has 4 heterocycles. The lowest BCUT2D eigenvalue weighted by molar-refractivity contribution is -0.325. The van der Waals surface area contributed by atoms with E-state index in [4.69, 9.17) is 18.9 Å². The molecule has 33 heavy (non-hydrogen) atoms. The van der Waals surface area contributed by atoms with Crippen molar-refractivity contribution in [3.05, 3.63) is 33.9 Å². The lowest BCUT2D eigenvalue weighted by Crippen LogP contribution is -2.53. The third-order valence-corrected chi connectivity index (χ3v) is 6.20. The van der Waals surface area contributed by atoms with E-state index in [1.807, 2.05) is 12.3 Å². The molecule has 4 rings (SSSR count). The van der Waals surface area contributed by atoms with Crippen LogP contribution < -0.4 is 9.47 Å². The first kappa shape index (κ1) is 23.7. The van der Waals surface area contributed by atoms with Crippen LogP contribution in [0.15, 0.2) is 17.5 Å². The number of thiazole rings is 1. The summed E-state index contributed by atoms with van der Waals surface area (Å²) in [7, 11) is 1.32. The molecule has 2 aliphatic heterocycles. The summed E-state index contributed by atoms with van der Waals surface area (Å²) in [6.07, 6.45) is -4.58. The van der Waals surface area contributed by atoms with Crippen LogP contribution in [-0.2, 0) is 19.8 Å². The molecule has 13 heteroatoms. The Balaban J connectivity index is 1.42. The van der Waals surface area contributed by atoms with Gasteiger partial charge >= 0.3 is 6.36 Å². The van der Waals surface area contributed by atoms with Gasteiger partial charge in [0, 0.05) is 18.3 Å². The van der Waals surface area contributed by atoms with Crippen LogP contribution >= 0.6 is 11.3 Å². The van der Waals surface area contributed by atoms with Crippen molar-refractivity contribution in [1.29, 1.82) is 0 Å². The van der Waals surface area contributed by atoms with E-state index < -0.39 is 18.6 Å². The molecule has 180 valence electrons. The zero-order valence-electron chi connectivity index (χ0n) is 17.9. The van der Waals surface area contributed by atoms with Gasteiger partial charge in [-0.1, -0.05) is 0 Å². The fourth-order valence-electron chi connectivity index (χ4n) is 3.86. The van der Waals surface area contributed by atoms with Crippen molar-refractivity contribution < 1.29 is 41.7 Å². The van der Waals surface area contributed by atoms with Crippen molar-refractivity contribution in [1.82, 2.24) is 14.9 Å². The molecule has 1 amide bonds. The molecule has 0 spiro atoms. The Morgan fingerprint density at radius 1 is 1.33 bits per heavy atom. The van der Waals surface area contributed by atoms with Crippen LogP contribution in [0.4, 0.5) is 13.2 Å². The summed E-state index contributed by atoms with van der Waals surface area (Å²) in [6, 6.07) is 2.86. The van der Waals surface area contributed by atoms with Crippen LogP contribution in [0.2, 0.25) is 0 Å². The van der Waals surface area contributed by atoms with Gasteiger partial charge in [0.05, 0.1) is 31.0 Å². The first-order valence-electron chi connectivity index (χ1n) is 10.1. The molecule has 2 aliphatic rings. The van der Waals surface area contributed by atoms with Gasteiger partial charge in [-0.05, 0) is 19.1 Å². The van der Waals surface area contributed by atoms with Crippen molar-refractivity contribution in [2.75, 3.05) is 40.2 Å². The number of amides is 1. The predicted octanol–water partition coefficient (Wildman–Crippen LogP) is 2.88. The number of carbonyl (C=O) groups excluding carboxylic acids is 1. The van der Waals surface area contributed by atoms with Gasteiger partial charge in [-0.15, -0.1) is 24.5 Å². The van der Waals surface area contributed by atoms with E-state index in [9.17, 15) is 18.0 Å². The Kier molecular flexibility index (Phi) is 6.75. The van der Waals surface area contributed by atoms with E-state index >= 15 is 0 Å². The van der Waals surface area contributed by atoms with E-state index in [2.05, 4.69) is 14.7 Å². The minimum absolute atomic E-state index is 0.0161. The van der Waals surface area contributed by atoms with Crippen LogP contribution in [0.3, 0.4) is 0 Å². The largest absolute Gasteiger partial charge is 0.522 e. The van der Waals surface area contributed by atoms with Gasteiger partial charge in [0.15, 0.2) is 5.75 Å². The first-order chi connectivity index (χ1) is 15.7. The summed E-state index contributed by atoms with van der Waals surface area (Å²) in [5.74, 6) is -0.250. The third-order valence-electron chi connectivity index (χ3n) is 5.43. The monoisotopic (exact) mass is 489 g/mol. The third kappa shape index (κ3) is 5.05. The number of aromatic nitrogens is 2. The Morgan fingerprint density at radius 2 is 2.15 bits per heavy atom. The SMILES string of the molecule is COc1nc(C(=O)N2CCC3(c4csc(C)n4)OCOC3C2)ccc1OCCOC(F)(F)F. The van der Waals surface area contributed by atoms with E-state index in [1.54, 1.807) is 4.90 Å². The maximum absolute atomic E-state index is 13.1. The highest BCUT2D eigenvalue weighted by atomic mass is 32.1. The Bertz CT molecular complexity index is 1000. The van der Waals surface area contributed by atoms with Gasteiger partial charge in [-0.3, -0.25) is 9.53 Å². The fourth-order valence-corrected chi connectivity index (χ4v) is 4.54. The van der Waals surface area contributed by atoms with Crippen molar-refractivity contribution in [3.8, 4) is 11.6 Å². The molecule has 0 bridgehead atoms. The highest BCUT2D eigenvalue weighted by Crippen LogP contribution is 2.43. The quantitative estimate of drug-likeness (QED) is 0.549. The molecular weight excluding hydrogens is 467 g/mol. The summed E-state index contributed by atoms with van der Waals surface area (Å²) < 4.78 is 62.0. The molecule has 0 aliphatic carbocycles. The predicted molar refractivity (Wildman–Crippen MR) is 108 cm³/mol. The van der Waals surface area contributed by atoms with Crippen LogP contribution in [0.25, 0.3) is 0 Å². The van der Waals surface area contributed by atoms with E-state index in [0.717, 1.165) is 10.7 Å². The zero-order valence-corrected chi connectivity index (χ0v) is 18.7. The Morgan fingerprint density at radius 3 is 2.85 bits per heavy atom. The number of fused-ring (bicyclic) bond motifs is 1. The smallest absolute Gasteiger partial charge is 0.486 e. The zero-order chi connectivity index (χ0) is 23.6. The Hall–Kier alpha value is -2.48. The number of hydrogen-bond acceptors (Lipinski definition) is 9. The molecule has 2 atom stereocenters. The van der Waals surface area contributed by atoms with Crippen LogP contribution in [-0.4, -0.2) is 73.4 Å². The average Bonchev–Trinajstić information content (AvgIpc) is 3.42. The molecule has 2 saturated heterocycles. The number of halogens is 3. The number of pyridine rings is 1. The Labute approximate surface area is 191 Å².